The predicted octanol–water partition coefficient (Wildman–Crippen LogP) is 3.89. The van der Waals surface area contributed by atoms with Crippen LogP contribution in [0.1, 0.15) is 13.3 Å². The van der Waals surface area contributed by atoms with Crippen LogP contribution in [-0.2, 0) is 11.8 Å². The van der Waals surface area contributed by atoms with E-state index in [1.54, 1.807) is 12.4 Å². The summed E-state index contributed by atoms with van der Waals surface area (Å²) in [6.45, 7) is 2.95. The number of thioether (sulfide) groups is 2. The lowest BCUT2D eigenvalue weighted by Gasteiger charge is -2.22. The molecule has 0 bridgehead atoms. The Morgan fingerprint density at radius 1 is 1.25 bits per heavy atom. The van der Waals surface area contributed by atoms with E-state index in [0.29, 0.717) is 11.0 Å². The van der Waals surface area contributed by atoms with Gasteiger partial charge in [-0.05, 0) is 30.7 Å². The van der Waals surface area contributed by atoms with Gasteiger partial charge in [0.2, 0.25) is 5.91 Å². The van der Waals surface area contributed by atoms with Crippen molar-refractivity contribution in [2.75, 3.05) is 17.2 Å². The molecule has 1 aliphatic rings. The summed E-state index contributed by atoms with van der Waals surface area (Å²) in [5.41, 5.74) is 1.92. The van der Waals surface area contributed by atoms with Gasteiger partial charge in [0, 0.05) is 41.7 Å². The van der Waals surface area contributed by atoms with E-state index in [2.05, 4.69) is 28.2 Å². The summed E-state index contributed by atoms with van der Waals surface area (Å²) in [7, 11) is 1.91. The maximum atomic E-state index is 13.0. The molecule has 144 valence electrons. The van der Waals surface area contributed by atoms with E-state index >= 15 is 0 Å². The van der Waals surface area contributed by atoms with Gasteiger partial charge in [-0.25, -0.2) is 0 Å². The zero-order chi connectivity index (χ0) is 19.5. The van der Waals surface area contributed by atoms with Gasteiger partial charge >= 0.3 is 0 Å². The fraction of sp³-hybridized carbons (Fsp3) is 0.300. The zero-order valence-electron chi connectivity index (χ0n) is 15.8. The fourth-order valence-corrected chi connectivity index (χ4v) is 5.04. The van der Waals surface area contributed by atoms with E-state index in [0.717, 1.165) is 35.2 Å². The van der Waals surface area contributed by atoms with Crippen molar-refractivity contribution in [2.45, 2.75) is 28.6 Å². The summed E-state index contributed by atoms with van der Waals surface area (Å²) in [6, 6.07) is 12.0. The Morgan fingerprint density at radius 3 is 2.93 bits per heavy atom. The largest absolute Gasteiger partial charge is 0.311 e. The highest BCUT2D eigenvalue weighted by atomic mass is 32.2. The highest BCUT2D eigenvalue weighted by Gasteiger charge is 2.24. The molecule has 28 heavy (non-hydrogen) atoms. The number of fused-ring (bicyclic) bond motifs is 1. The van der Waals surface area contributed by atoms with Gasteiger partial charge < -0.3 is 9.47 Å². The van der Waals surface area contributed by atoms with Gasteiger partial charge in [-0.1, -0.05) is 30.8 Å². The lowest BCUT2D eigenvalue weighted by atomic mass is 10.2. The first-order valence-corrected chi connectivity index (χ1v) is 11.0. The van der Waals surface area contributed by atoms with Crippen molar-refractivity contribution in [3.63, 3.8) is 0 Å². The number of rotatable bonds is 4. The van der Waals surface area contributed by atoms with Crippen LogP contribution in [0.15, 0.2) is 58.8 Å². The molecule has 2 aromatic heterocycles. The summed E-state index contributed by atoms with van der Waals surface area (Å²) < 4.78 is 1.91. The molecule has 0 N–H and O–H groups in total. The van der Waals surface area contributed by atoms with Gasteiger partial charge in [-0.3, -0.25) is 9.78 Å². The molecule has 0 aliphatic carbocycles. The normalized spacial score (nSPS) is 16.5. The van der Waals surface area contributed by atoms with E-state index in [1.807, 2.05) is 58.6 Å². The number of amides is 1. The van der Waals surface area contributed by atoms with Crippen LogP contribution < -0.4 is 4.90 Å². The SMILES string of the molecule is C[C@@H]1CCN(C(=O)CSc2nnc(-c3cccnc3)n2C)c2ccccc2S1. The Hall–Kier alpha value is -2.32. The fourth-order valence-electron chi connectivity index (χ4n) is 3.14. The Kier molecular flexibility index (Phi) is 5.68. The highest BCUT2D eigenvalue weighted by Crippen LogP contribution is 2.37. The van der Waals surface area contributed by atoms with E-state index < -0.39 is 0 Å². The molecule has 0 radical (unpaired) electrons. The minimum Gasteiger partial charge on any atom is -0.311 e. The Morgan fingerprint density at radius 2 is 2.11 bits per heavy atom. The van der Waals surface area contributed by atoms with Crippen LogP contribution in [0, 0.1) is 0 Å². The van der Waals surface area contributed by atoms with Crippen LogP contribution >= 0.6 is 23.5 Å². The molecular formula is C20H21N5OS2. The van der Waals surface area contributed by atoms with Gasteiger partial charge in [0.25, 0.3) is 0 Å². The topological polar surface area (TPSA) is 63.9 Å². The first-order chi connectivity index (χ1) is 13.6. The average Bonchev–Trinajstić information content (AvgIpc) is 2.99. The van der Waals surface area contributed by atoms with Gasteiger partial charge in [0.15, 0.2) is 11.0 Å². The molecule has 1 aromatic carbocycles. The van der Waals surface area contributed by atoms with E-state index in [9.17, 15) is 4.79 Å². The van der Waals surface area contributed by atoms with Crippen LogP contribution in [-0.4, -0.2) is 43.2 Å². The van der Waals surface area contributed by atoms with E-state index in [-0.39, 0.29) is 5.91 Å². The second kappa shape index (κ2) is 8.36. The number of carbonyl (C=O) groups is 1. The summed E-state index contributed by atoms with van der Waals surface area (Å²) >= 11 is 3.26. The van der Waals surface area contributed by atoms with Crippen LogP contribution in [0.25, 0.3) is 11.4 Å². The van der Waals surface area contributed by atoms with Crippen LogP contribution in [0.3, 0.4) is 0 Å². The zero-order valence-corrected chi connectivity index (χ0v) is 17.4. The van der Waals surface area contributed by atoms with Crippen molar-refractivity contribution in [3.8, 4) is 11.4 Å². The van der Waals surface area contributed by atoms with Crippen LogP contribution in [0.2, 0.25) is 0 Å². The quantitative estimate of drug-likeness (QED) is 0.607. The molecule has 1 atom stereocenters. The number of anilines is 1. The Balaban J connectivity index is 1.49. The second-order valence-corrected chi connectivity index (χ2v) is 9.05. The van der Waals surface area contributed by atoms with E-state index in [4.69, 9.17) is 0 Å². The van der Waals surface area contributed by atoms with Gasteiger partial charge in [0.05, 0.1) is 11.4 Å². The molecule has 0 saturated heterocycles. The number of pyridine rings is 1. The average molecular weight is 412 g/mol. The molecular weight excluding hydrogens is 390 g/mol. The van der Waals surface area contributed by atoms with Crippen molar-refractivity contribution in [3.05, 3.63) is 48.8 Å². The molecule has 0 unspecified atom stereocenters. The predicted molar refractivity (Wildman–Crippen MR) is 114 cm³/mol. The van der Waals surface area contributed by atoms with Crippen molar-refractivity contribution >= 4 is 35.1 Å². The van der Waals surface area contributed by atoms with Crippen LogP contribution in [0.5, 0.6) is 0 Å². The third-order valence-electron chi connectivity index (χ3n) is 4.62. The lowest BCUT2D eigenvalue weighted by molar-refractivity contribution is -0.116. The number of para-hydroxylation sites is 1. The summed E-state index contributed by atoms with van der Waals surface area (Å²) in [6.07, 6.45) is 4.47. The molecule has 3 heterocycles. The number of benzene rings is 1. The summed E-state index contributed by atoms with van der Waals surface area (Å²) in [4.78, 5) is 20.2. The molecule has 0 saturated carbocycles. The summed E-state index contributed by atoms with van der Waals surface area (Å²) in [5.74, 6) is 1.17. The molecule has 8 heteroatoms. The van der Waals surface area contributed by atoms with Crippen molar-refractivity contribution in [1.82, 2.24) is 19.7 Å². The minimum absolute atomic E-state index is 0.0954. The standard InChI is InChI=1S/C20H21N5OS2/c1-14-9-11-25(16-7-3-4-8-17(16)28-14)18(26)13-27-20-23-22-19(24(20)2)15-6-5-10-21-12-15/h3-8,10,12,14H,9,11,13H2,1-2H3/t14-/m1/s1. The van der Waals surface area contributed by atoms with Crippen molar-refractivity contribution in [2.24, 2.45) is 7.05 Å². The number of carbonyl (C=O) groups excluding carboxylic acids is 1. The molecule has 1 aliphatic heterocycles. The maximum Gasteiger partial charge on any atom is 0.237 e. The number of nitrogens with zero attached hydrogens (tertiary/aromatic N) is 5. The van der Waals surface area contributed by atoms with Gasteiger partial charge in [0.1, 0.15) is 0 Å². The number of hydrogen-bond donors (Lipinski definition) is 0. The monoisotopic (exact) mass is 411 g/mol. The Bertz CT molecular complexity index is 976. The molecule has 1 amide bonds. The van der Waals surface area contributed by atoms with Gasteiger partial charge in [-0.2, -0.15) is 0 Å². The van der Waals surface area contributed by atoms with Crippen LogP contribution in [0.4, 0.5) is 5.69 Å². The molecule has 0 fully saturated rings. The number of hydrogen-bond acceptors (Lipinski definition) is 6. The second-order valence-electron chi connectivity index (χ2n) is 6.63. The van der Waals surface area contributed by atoms with Gasteiger partial charge in [-0.15, -0.1) is 22.0 Å². The third-order valence-corrected chi connectivity index (χ3v) is 6.87. The third kappa shape index (κ3) is 3.93. The smallest absolute Gasteiger partial charge is 0.237 e. The number of aromatic nitrogens is 4. The molecule has 4 rings (SSSR count). The highest BCUT2D eigenvalue weighted by molar-refractivity contribution is 8.00. The van der Waals surface area contributed by atoms with Crippen molar-refractivity contribution < 1.29 is 4.79 Å². The molecule has 0 spiro atoms. The van der Waals surface area contributed by atoms with E-state index in [1.165, 1.54) is 16.7 Å². The summed E-state index contributed by atoms with van der Waals surface area (Å²) in [5, 5.41) is 9.73. The first kappa shape index (κ1) is 19.0. The Labute approximate surface area is 172 Å². The lowest BCUT2D eigenvalue weighted by Crippen LogP contribution is -2.33. The first-order valence-electron chi connectivity index (χ1n) is 9.12. The molecule has 3 aromatic rings. The molecule has 6 nitrogen and oxygen atoms in total. The van der Waals surface area contributed by atoms with Crippen molar-refractivity contribution in [1.29, 1.82) is 0 Å². The minimum atomic E-state index is 0.0954. The maximum absolute atomic E-state index is 13.0.